The summed E-state index contributed by atoms with van der Waals surface area (Å²) < 4.78 is 4.67. The molecule has 4 atom stereocenters. The molecule has 0 radical (unpaired) electrons. The van der Waals surface area contributed by atoms with E-state index in [-0.39, 0.29) is 13.0 Å². The van der Waals surface area contributed by atoms with Crippen molar-refractivity contribution in [2.45, 2.75) is 45.2 Å². The number of pyridine rings is 1. The van der Waals surface area contributed by atoms with Gasteiger partial charge in [0.15, 0.2) is 0 Å². The van der Waals surface area contributed by atoms with E-state index < -0.39 is 65.5 Å². The highest BCUT2D eigenvalue weighted by atomic mass is 16.5. The number of hydrogen-bond acceptors (Lipinski definition) is 8. The number of hydrogen-bond donors (Lipinski definition) is 2. The van der Waals surface area contributed by atoms with Crippen LogP contribution in [-0.4, -0.2) is 64.7 Å². The van der Waals surface area contributed by atoms with Gasteiger partial charge >= 0.3 is 12.0 Å². The molecule has 2 N–H and O–H groups in total. The quantitative estimate of drug-likeness (QED) is 0.369. The van der Waals surface area contributed by atoms with Crippen molar-refractivity contribution in [2.75, 3.05) is 18.6 Å². The maximum absolute atomic E-state index is 14.2. The molecule has 12 nitrogen and oxygen atoms in total. The number of esters is 1. The van der Waals surface area contributed by atoms with Gasteiger partial charge in [-0.15, -0.1) is 0 Å². The Morgan fingerprint density at radius 2 is 1.74 bits per heavy atom. The monoisotopic (exact) mass is 587 g/mol. The summed E-state index contributed by atoms with van der Waals surface area (Å²) in [5, 5.41) is 5.19. The van der Waals surface area contributed by atoms with Crippen molar-refractivity contribution >= 4 is 41.3 Å². The van der Waals surface area contributed by atoms with Gasteiger partial charge in [0.2, 0.25) is 17.7 Å². The van der Waals surface area contributed by atoms with Crippen molar-refractivity contribution < 1.29 is 33.5 Å². The number of methoxy groups -OCH3 is 1. The van der Waals surface area contributed by atoms with Crippen LogP contribution in [0.2, 0.25) is 0 Å². The van der Waals surface area contributed by atoms with Gasteiger partial charge in [-0.3, -0.25) is 33.9 Å². The number of rotatable bonds is 7. The van der Waals surface area contributed by atoms with Crippen molar-refractivity contribution in [3.8, 4) is 0 Å². The van der Waals surface area contributed by atoms with Crippen LogP contribution in [0.25, 0.3) is 0 Å². The number of carbonyl (C=O) groups excluding carboxylic acids is 6. The lowest BCUT2D eigenvalue weighted by atomic mass is 9.59. The van der Waals surface area contributed by atoms with E-state index in [1.165, 1.54) is 14.0 Å². The van der Waals surface area contributed by atoms with Gasteiger partial charge in [0.05, 0.1) is 36.9 Å². The lowest BCUT2D eigenvalue weighted by Gasteiger charge is -2.52. The number of amides is 6. The Morgan fingerprint density at radius 3 is 2.40 bits per heavy atom. The average Bonchev–Trinajstić information content (AvgIpc) is 3.28. The fourth-order valence-electron chi connectivity index (χ4n) is 6.67. The summed E-state index contributed by atoms with van der Waals surface area (Å²) in [4.78, 5) is 88.1. The first-order chi connectivity index (χ1) is 20.6. The third-order valence-electron chi connectivity index (χ3n) is 8.65. The summed E-state index contributed by atoms with van der Waals surface area (Å²) in [5.74, 6) is -5.92. The minimum atomic E-state index is -1.97. The standard InChI is InChI=1S/C31H33N5O7/c1-4-20-21-13-14-22-24(28(40)35(26(22)38)19-11-6-5-7-12-19)25(21)31(2,29(41)33-17-23(37)43-3)36(27(20)39)30(42)34-16-18-10-8-9-15-32-18/h5-12,15,22,24-25H,4,13-14,16-17H2,1-3H3,(H,33,41)(H,34,42)/t22-,24-,25+,31+/m1/s1. The van der Waals surface area contributed by atoms with Crippen molar-refractivity contribution in [1.82, 2.24) is 20.5 Å². The van der Waals surface area contributed by atoms with Gasteiger partial charge in [-0.1, -0.05) is 36.8 Å². The molecule has 224 valence electrons. The van der Waals surface area contributed by atoms with Crippen LogP contribution >= 0.6 is 0 Å². The molecule has 2 aliphatic heterocycles. The summed E-state index contributed by atoms with van der Waals surface area (Å²) in [6.45, 7) is 2.63. The summed E-state index contributed by atoms with van der Waals surface area (Å²) >= 11 is 0. The van der Waals surface area contributed by atoms with Gasteiger partial charge in [0, 0.05) is 17.7 Å². The second-order valence-corrected chi connectivity index (χ2v) is 10.9. The van der Waals surface area contributed by atoms with Crippen LogP contribution in [-0.2, 0) is 35.3 Å². The molecule has 1 aromatic carbocycles. The normalized spacial score (nSPS) is 24.8. The zero-order valence-electron chi connectivity index (χ0n) is 24.2. The van der Waals surface area contributed by atoms with Crippen molar-refractivity contribution in [3.63, 3.8) is 0 Å². The first kappa shape index (κ1) is 29.6. The van der Waals surface area contributed by atoms with E-state index in [1.807, 2.05) is 0 Å². The van der Waals surface area contributed by atoms with Gasteiger partial charge in [-0.25, -0.2) is 9.69 Å². The van der Waals surface area contributed by atoms with Crippen LogP contribution in [0.5, 0.6) is 0 Å². The number of urea groups is 1. The molecule has 0 unspecified atom stereocenters. The molecule has 6 amide bonds. The minimum Gasteiger partial charge on any atom is -0.468 e. The van der Waals surface area contributed by atoms with Crippen molar-refractivity contribution in [3.05, 3.63) is 71.6 Å². The van der Waals surface area contributed by atoms with E-state index in [0.717, 1.165) is 9.80 Å². The Bertz CT molecular complexity index is 1510. The first-order valence-electron chi connectivity index (χ1n) is 14.2. The maximum atomic E-state index is 14.2. The molecular formula is C31H33N5O7. The second kappa shape index (κ2) is 11.8. The molecule has 1 aromatic heterocycles. The SMILES string of the molecule is CCC1=C2CC[C@H]3C(=O)N(c4ccccc4)C(=O)[C@H]3[C@H]2[C@@](C)(C(=O)NCC(=O)OC)N(C(=O)NCc2ccccn2)C1=O. The Kier molecular flexibility index (Phi) is 8.12. The highest BCUT2D eigenvalue weighted by Crippen LogP contribution is 2.54. The maximum Gasteiger partial charge on any atom is 0.325 e. The van der Waals surface area contributed by atoms with Gasteiger partial charge in [0.1, 0.15) is 12.1 Å². The van der Waals surface area contributed by atoms with E-state index in [4.69, 9.17) is 0 Å². The molecule has 1 aliphatic carbocycles. The molecule has 2 fully saturated rings. The number of para-hydroxylation sites is 1. The molecule has 0 bridgehead atoms. The van der Waals surface area contributed by atoms with Gasteiger partial charge in [-0.2, -0.15) is 0 Å². The largest absolute Gasteiger partial charge is 0.468 e. The Labute approximate surface area is 248 Å². The molecule has 3 aliphatic rings. The van der Waals surface area contributed by atoms with E-state index in [2.05, 4.69) is 20.4 Å². The molecule has 1 saturated heterocycles. The smallest absolute Gasteiger partial charge is 0.325 e. The van der Waals surface area contributed by atoms with Gasteiger partial charge in [0.25, 0.3) is 5.91 Å². The van der Waals surface area contributed by atoms with E-state index in [1.54, 1.807) is 61.7 Å². The predicted octanol–water partition coefficient (Wildman–Crippen LogP) is 2.10. The molecule has 0 spiro atoms. The predicted molar refractivity (Wildman–Crippen MR) is 153 cm³/mol. The van der Waals surface area contributed by atoms with Crippen LogP contribution < -0.4 is 15.5 Å². The molecular weight excluding hydrogens is 554 g/mol. The fourth-order valence-corrected chi connectivity index (χ4v) is 6.67. The first-order valence-corrected chi connectivity index (χ1v) is 14.2. The lowest BCUT2D eigenvalue weighted by molar-refractivity contribution is -0.151. The summed E-state index contributed by atoms with van der Waals surface area (Å²) in [7, 11) is 1.17. The molecule has 5 rings (SSSR count). The summed E-state index contributed by atoms with van der Waals surface area (Å²) in [5.41, 5.74) is -0.139. The highest BCUT2D eigenvalue weighted by Gasteiger charge is 2.66. The zero-order chi connectivity index (χ0) is 30.9. The van der Waals surface area contributed by atoms with Crippen molar-refractivity contribution in [2.24, 2.45) is 17.8 Å². The number of ether oxygens (including phenoxy) is 1. The number of nitrogens with one attached hydrogen (secondary N) is 2. The topological polar surface area (TPSA) is 155 Å². The third kappa shape index (κ3) is 4.96. The minimum absolute atomic E-state index is 0.0305. The summed E-state index contributed by atoms with van der Waals surface area (Å²) in [6.07, 6.45) is 2.42. The highest BCUT2D eigenvalue weighted by molar-refractivity contribution is 6.23. The average molecular weight is 588 g/mol. The van der Waals surface area contributed by atoms with E-state index in [0.29, 0.717) is 35.4 Å². The lowest BCUT2D eigenvalue weighted by Crippen LogP contribution is -2.71. The molecule has 2 aromatic rings. The van der Waals surface area contributed by atoms with Crippen LogP contribution in [0.15, 0.2) is 65.9 Å². The molecule has 12 heteroatoms. The van der Waals surface area contributed by atoms with E-state index in [9.17, 15) is 28.8 Å². The number of carbonyl (C=O) groups is 6. The number of imide groups is 2. The Hall–Kier alpha value is -4.87. The van der Waals surface area contributed by atoms with Crippen LogP contribution in [0.3, 0.4) is 0 Å². The molecule has 43 heavy (non-hydrogen) atoms. The van der Waals surface area contributed by atoms with Gasteiger partial charge < -0.3 is 15.4 Å². The number of nitrogens with zero attached hydrogens (tertiary/aromatic N) is 3. The number of benzene rings is 1. The Balaban J connectivity index is 1.62. The van der Waals surface area contributed by atoms with Crippen LogP contribution in [0.1, 0.15) is 38.8 Å². The zero-order valence-corrected chi connectivity index (χ0v) is 24.2. The van der Waals surface area contributed by atoms with Crippen LogP contribution in [0, 0.1) is 17.8 Å². The number of aromatic nitrogens is 1. The number of fused-ring (bicyclic) bond motifs is 3. The van der Waals surface area contributed by atoms with Crippen molar-refractivity contribution in [1.29, 1.82) is 0 Å². The molecule has 3 heterocycles. The Morgan fingerprint density at radius 1 is 1.02 bits per heavy atom. The second-order valence-electron chi connectivity index (χ2n) is 10.9. The number of anilines is 1. The van der Waals surface area contributed by atoms with Crippen LogP contribution in [0.4, 0.5) is 10.5 Å². The fraction of sp³-hybridized carbons (Fsp3) is 0.387. The third-order valence-corrected chi connectivity index (χ3v) is 8.65. The molecule has 1 saturated carbocycles. The van der Waals surface area contributed by atoms with Gasteiger partial charge in [-0.05, 0) is 50.5 Å². The van der Waals surface area contributed by atoms with E-state index >= 15 is 0 Å². The summed E-state index contributed by atoms with van der Waals surface area (Å²) in [6, 6.07) is 12.8.